The average Bonchev–Trinajstić information content (AvgIpc) is 2.26. The van der Waals surface area contributed by atoms with Crippen molar-refractivity contribution in [2.75, 3.05) is 7.11 Å². The van der Waals surface area contributed by atoms with Crippen LogP contribution in [0.25, 0.3) is 0 Å². The van der Waals surface area contributed by atoms with E-state index in [9.17, 15) is 14.0 Å². The molecule has 0 atom stereocenters. The van der Waals surface area contributed by atoms with Crippen molar-refractivity contribution in [3.05, 3.63) is 29.8 Å². The molecule has 0 aliphatic rings. The predicted molar refractivity (Wildman–Crippen MR) is 52.7 cm³/mol. The Labute approximate surface area is 86.9 Å². The maximum Gasteiger partial charge on any atom is 0.301 e. The van der Waals surface area contributed by atoms with Crippen molar-refractivity contribution >= 4 is 11.8 Å². The van der Waals surface area contributed by atoms with Gasteiger partial charge in [-0.3, -0.25) is 9.59 Å². The van der Waals surface area contributed by atoms with Gasteiger partial charge in [0.2, 0.25) is 0 Å². The van der Waals surface area contributed by atoms with Crippen LogP contribution in [0.1, 0.15) is 23.2 Å². The predicted octanol–water partition coefficient (Wildman–Crippen LogP) is 2.15. The van der Waals surface area contributed by atoms with Crippen LogP contribution in [0.2, 0.25) is 0 Å². The third kappa shape index (κ3) is 3.50. The number of rotatable bonds is 5. The number of methoxy groups -OCH3 is 1. The van der Waals surface area contributed by atoms with E-state index in [1.807, 2.05) is 0 Å². The third-order valence-electron chi connectivity index (χ3n) is 1.96. The Morgan fingerprint density at radius 1 is 1.20 bits per heavy atom. The summed E-state index contributed by atoms with van der Waals surface area (Å²) in [5, 5.41) is 0. The first-order valence-corrected chi connectivity index (χ1v) is 4.49. The van der Waals surface area contributed by atoms with E-state index in [2.05, 4.69) is 0 Å². The number of ether oxygens (including phenoxy) is 1. The van der Waals surface area contributed by atoms with Gasteiger partial charge in [-0.1, -0.05) is 0 Å². The molecule has 3 nitrogen and oxygen atoms in total. The summed E-state index contributed by atoms with van der Waals surface area (Å²) in [5.74, 6) is 0.400. The summed E-state index contributed by atoms with van der Waals surface area (Å²) in [5.41, 5.74) is 0.456. The van der Waals surface area contributed by atoms with Gasteiger partial charge in [0, 0.05) is 18.4 Å². The average molecular weight is 210 g/mol. The van der Waals surface area contributed by atoms with E-state index in [4.69, 9.17) is 4.74 Å². The summed E-state index contributed by atoms with van der Waals surface area (Å²) in [7, 11) is 1.53. The van der Waals surface area contributed by atoms with Crippen LogP contribution in [-0.2, 0) is 4.79 Å². The van der Waals surface area contributed by atoms with E-state index in [-0.39, 0.29) is 18.6 Å². The lowest BCUT2D eigenvalue weighted by Gasteiger charge is -2.01. The lowest BCUT2D eigenvalue weighted by atomic mass is 10.1. The van der Waals surface area contributed by atoms with Crippen LogP contribution >= 0.6 is 0 Å². The molecule has 0 aromatic heterocycles. The zero-order valence-electron chi connectivity index (χ0n) is 8.33. The summed E-state index contributed by atoms with van der Waals surface area (Å²) in [6.45, 7) is 0. The fourth-order valence-electron chi connectivity index (χ4n) is 1.13. The van der Waals surface area contributed by atoms with Gasteiger partial charge in [-0.25, -0.2) is 0 Å². The molecule has 1 aromatic carbocycles. The van der Waals surface area contributed by atoms with Crippen molar-refractivity contribution in [2.45, 2.75) is 12.8 Å². The summed E-state index contributed by atoms with van der Waals surface area (Å²) >= 11 is 0. The molecule has 0 aliphatic heterocycles. The number of Topliss-reactive ketones (excluding diaryl/α,β-unsaturated/α-hetero) is 1. The molecule has 0 saturated heterocycles. The molecule has 0 spiro atoms. The number of hydrogen-bond acceptors (Lipinski definition) is 3. The van der Waals surface area contributed by atoms with Crippen LogP contribution < -0.4 is 4.74 Å². The topological polar surface area (TPSA) is 43.4 Å². The molecule has 0 amide bonds. The van der Waals surface area contributed by atoms with E-state index < -0.39 is 6.04 Å². The first kappa shape index (κ1) is 11.4. The molecule has 0 radical (unpaired) electrons. The van der Waals surface area contributed by atoms with Gasteiger partial charge in [-0.15, -0.1) is 0 Å². The van der Waals surface area contributed by atoms with E-state index in [1.165, 1.54) is 7.11 Å². The molecule has 4 heteroatoms. The zero-order valence-corrected chi connectivity index (χ0v) is 8.33. The molecule has 0 N–H and O–H groups in total. The minimum Gasteiger partial charge on any atom is -0.497 e. The third-order valence-corrected chi connectivity index (χ3v) is 1.96. The molecule has 80 valence electrons. The first-order chi connectivity index (χ1) is 7.13. The molecular formula is C11H11FO3. The first-order valence-electron chi connectivity index (χ1n) is 4.49. The highest BCUT2D eigenvalue weighted by atomic mass is 19.1. The molecule has 0 aliphatic carbocycles. The SMILES string of the molecule is COc1ccc(C(=O)CCC(=O)F)cc1. The quantitative estimate of drug-likeness (QED) is 0.552. The Kier molecular flexibility index (Phi) is 3.97. The fourth-order valence-corrected chi connectivity index (χ4v) is 1.13. The van der Waals surface area contributed by atoms with E-state index in [1.54, 1.807) is 24.3 Å². The molecule has 15 heavy (non-hydrogen) atoms. The summed E-state index contributed by atoms with van der Waals surface area (Å²) < 4.78 is 16.8. The van der Waals surface area contributed by atoms with Gasteiger partial charge in [0.1, 0.15) is 5.75 Å². The van der Waals surface area contributed by atoms with Crippen molar-refractivity contribution in [1.82, 2.24) is 0 Å². The maximum atomic E-state index is 11.9. The number of benzene rings is 1. The van der Waals surface area contributed by atoms with Crippen LogP contribution in [0.15, 0.2) is 24.3 Å². The van der Waals surface area contributed by atoms with Crippen molar-refractivity contribution in [1.29, 1.82) is 0 Å². The highest BCUT2D eigenvalue weighted by Gasteiger charge is 2.08. The standard InChI is InChI=1S/C11H11FO3/c1-15-9-4-2-8(3-5-9)10(13)6-7-11(12)14/h2-5H,6-7H2,1H3. The smallest absolute Gasteiger partial charge is 0.301 e. The second kappa shape index (κ2) is 5.24. The molecule has 0 heterocycles. The maximum absolute atomic E-state index is 11.9. The molecule has 0 fully saturated rings. The minimum absolute atomic E-state index is 0.0956. The largest absolute Gasteiger partial charge is 0.497 e. The van der Waals surface area contributed by atoms with E-state index >= 15 is 0 Å². The fraction of sp³-hybridized carbons (Fsp3) is 0.273. The summed E-state index contributed by atoms with van der Waals surface area (Å²) in [6.07, 6.45) is -0.452. The van der Waals surface area contributed by atoms with Crippen molar-refractivity contribution in [3.8, 4) is 5.75 Å². The number of carbonyl (C=O) groups is 2. The Morgan fingerprint density at radius 3 is 2.27 bits per heavy atom. The molecule has 1 rings (SSSR count). The van der Waals surface area contributed by atoms with Crippen LogP contribution in [0.4, 0.5) is 4.39 Å². The van der Waals surface area contributed by atoms with Crippen LogP contribution in [0, 0.1) is 0 Å². The molecular weight excluding hydrogens is 199 g/mol. The van der Waals surface area contributed by atoms with Crippen LogP contribution in [0.5, 0.6) is 5.75 Å². The van der Waals surface area contributed by atoms with Gasteiger partial charge in [0.15, 0.2) is 5.78 Å². The Morgan fingerprint density at radius 2 is 1.80 bits per heavy atom. The van der Waals surface area contributed by atoms with Crippen molar-refractivity contribution in [2.24, 2.45) is 0 Å². The zero-order chi connectivity index (χ0) is 11.3. The van der Waals surface area contributed by atoms with Crippen molar-refractivity contribution in [3.63, 3.8) is 0 Å². The molecule has 0 saturated carbocycles. The van der Waals surface area contributed by atoms with Crippen LogP contribution in [-0.4, -0.2) is 18.9 Å². The molecule has 0 bridgehead atoms. The summed E-state index contributed by atoms with van der Waals surface area (Å²) in [6, 6.07) is 5.00. The van der Waals surface area contributed by atoms with E-state index in [0.717, 1.165) is 0 Å². The number of carbonyl (C=O) groups excluding carboxylic acids is 2. The number of hydrogen-bond donors (Lipinski definition) is 0. The summed E-state index contributed by atoms with van der Waals surface area (Å²) in [4.78, 5) is 21.4. The molecule has 1 aromatic rings. The van der Waals surface area contributed by atoms with Crippen molar-refractivity contribution < 1.29 is 18.7 Å². The van der Waals surface area contributed by atoms with Gasteiger partial charge < -0.3 is 4.74 Å². The molecule has 0 unspecified atom stereocenters. The second-order valence-electron chi connectivity index (χ2n) is 3.01. The van der Waals surface area contributed by atoms with Gasteiger partial charge in [0.25, 0.3) is 0 Å². The van der Waals surface area contributed by atoms with Gasteiger partial charge in [-0.2, -0.15) is 4.39 Å². The van der Waals surface area contributed by atoms with Gasteiger partial charge >= 0.3 is 6.04 Å². The lowest BCUT2D eigenvalue weighted by molar-refractivity contribution is -0.129. The van der Waals surface area contributed by atoms with E-state index in [0.29, 0.717) is 11.3 Å². The van der Waals surface area contributed by atoms with Gasteiger partial charge in [0.05, 0.1) is 7.11 Å². The Hall–Kier alpha value is -1.71. The van der Waals surface area contributed by atoms with Crippen LogP contribution in [0.3, 0.4) is 0 Å². The number of ketones is 1. The second-order valence-corrected chi connectivity index (χ2v) is 3.01. The normalized spacial score (nSPS) is 9.73. The highest BCUT2D eigenvalue weighted by molar-refractivity contribution is 5.97. The lowest BCUT2D eigenvalue weighted by Crippen LogP contribution is -2.01. The monoisotopic (exact) mass is 210 g/mol. The number of halogens is 1. The minimum atomic E-state index is -1.46. The highest BCUT2D eigenvalue weighted by Crippen LogP contribution is 2.13. The van der Waals surface area contributed by atoms with Gasteiger partial charge in [-0.05, 0) is 24.3 Å². The Balaban J connectivity index is 2.62. The Bertz CT molecular complexity index is 357.